The number of nitrogens with zero attached hydrogens (tertiary/aromatic N) is 1. The highest BCUT2D eigenvalue weighted by atomic mass is 16.3. The molecule has 3 nitrogen and oxygen atoms in total. The van der Waals surface area contributed by atoms with Gasteiger partial charge in [0, 0.05) is 25.2 Å². The molecule has 0 unspecified atom stereocenters. The van der Waals surface area contributed by atoms with Crippen LogP contribution in [0.15, 0.2) is 10.5 Å². The van der Waals surface area contributed by atoms with E-state index in [1.165, 1.54) is 5.56 Å². The Bertz CT molecular complexity index is 319. The van der Waals surface area contributed by atoms with E-state index in [9.17, 15) is 5.11 Å². The molecule has 1 aliphatic rings. The van der Waals surface area contributed by atoms with Crippen molar-refractivity contribution < 1.29 is 9.52 Å². The quantitative estimate of drug-likeness (QED) is 0.776. The fourth-order valence-corrected chi connectivity index (χ4v) is 2.04. The van der Waals surface area contributed by atoms with Gasteiger partial charge in [0.15, 0.2) is 0 Å². The molecule has 14 heavy (non-hydrogen) atoms. The summed E-state index contributed by atoms with van der Waals surface area (Å²) in [4.78, 5) is 2.27. The third-order valence-corrected chi connectivity index (χ3v) is 2.79. The smallest absolute Gasteiger partial charge is 0.105 e. The molecule has 1 saturated heterocycles. The number of β-amino-alcohol motifs (C(OH)–C–C–N with tert-alkyl or cyclic N) is 1. The molecule has 0 saturated carbocycles. The van der Waals surface area contributed by atoms with Gasteiger partial charge in [-0.2, -0.15) is 0 Å². The van der Waals surface area contributed by atoms with Crippen LogP contribution in [0.3, 0.4) is 0 Å². The first kappa shape index (κ1) is 9.74. The minimum Gasteiger partial charge on any atom is -0.466 e. The average molecular weight is 195 g/mol. The first-order valence-electron chi connectivity index (χ1n) is 5.11. The number of likely N-dealkylation sites (tertiary alicyclic amines) is 1. The molecule has 3 heteroatoms. The van der Waals surface area contributed by atoms with Crippen molar-refractivity contribution in [3.63, 3.8) is 0 Å². The van der Waals surface area contributed by atoms with E-state index in [4.69, 9.17) is 4.42 Å². The molecule has 0 radical (unpaired) electrons. The van der Waals surface area contributed by atoms with Gasteiger partial charge in [0.1, 0.15) is 11.5 Å². The number of hydrogen-bond donors (Lipinski definition) is 1. The van der Waals surface area contributed by atoms with E-state index in [1.807, 2.05) is 13.8 Å². The topological polar surface area (TPSA) is 36.6 Å². The zero-order chi connectivity index (χ0) is 10.1. The van der Waals surface area contributed by atoms with Crippen molar-refractivity contribution in [2.75, 3.05) is 13.1 Å². The molecule has 78 valence electrons. The molecule has 1 aliphatic heterocycles. The largest absolute Gasteiger partial charge is 0.466 e. The maximum absolute atomic E-state index is 9.39. The Morgan fingerprint density at radius 2 is 2.36 bits per heavy atom. The summed E-state index contributed by atoms with van der Waals surface area (Å²) in [5.74, 6) is 1.97. The Labute approximate surface area is 84.3 Å². The fourth-order valence-electron chi connectivity index (χ4n) is 2.04. The Morgan fingerprint density at radius 1 is 1.57 bits per heavy atom. The van der Waals surface area contributed by atoms with Crippen LogP contribution in [0.2, 0.25) is 0 Å². The van der Waals surface area contributed by atoms with E-state index in [0.29, 0.717) is 0 Å². The van der Waals surface area contributed by atoms with Gasteiger partial charge >= 0.3 is 0 Å². The lowest BCUT2D eigenvalue weighted by atomic mass is 10.2. The molecule has 0 aliphatic carbocycles. The van der Waals surface area contributed by atoms with Gasteiger partial charge < -0.3 is 9.52 Å². The number of rotatable bonds is 2. The van der Waals surface area contributed by atoms with Crippen LogP contribution in [-0.4, -0.2) is 29.2 Å². The van der Waals surface area contributed by atoms with Crippen molar-refractivity contribution in [1.29, 1.82) is 0 Å². The van der Waals surface area contributed by atoms with Crippen molar-refractivity contribution in [3.05, 3.63) is 23.2 Å². The summed E-state index contributed by atoms with van der Waals surface area (Å²) in [6, 6.07) is 2.08. The minimum absolute atomic E-state index is 0.136. The molecule has 2 rings (SSSR count). The summed E-state index contributed by atoms with van der Waals surface area (Å²) in [5, 5.41) is 9.39. The number of furan rings is 1. The highest BCUT2D eigenvalue weighted by molar-refractivity contribution is 5.20. The molecule has 0 spiro atoms. The monoisotopic (exact) mass is 195 g/mol. The summed E-state index contributed by atoms with van der Waals surface area (Å²) >= 11 is 0. The molecule has 0 bridgehead atoms. The van der Waals surface area contributed by atoms with Gasteiger partial charge in [-0.1, -0.05) is 0 Å². The highest BCUT2D eigenvalue weighted by Crippen LogP contribution is 2.18. The SMILES string of the molecule is Cc1cc(CN2CC[C@H](O)C2)c(C)o1. The summed E-state index contributed by atoms with van der Waals surface area (Å²) in [5.41, 5.74) is 1.25. The Hall–Kier alpha value is -0.800. The molecule has 1 atom stereocenters. The van der Waals surface area contributed by atoms with E-state index in [0.717, 1.165) is 37.6 Å². The van der Waals surface area contributed by atoms with Gasteiger partial charge in [0.05, 0.1) is 6.10 Å². The lowest BCUT2D eigenvalue weighted by Crippen LogP contribution is -2.21. The minimum atomic E-state index is -0.136. The van der Waals surface area contributed by atoms with Gasteiger partial charge in [-0.05, 0) is 26.3 Å². The Kier molecular flexibility index (Phi) is 2.61. The normalized spacial score (nSPS) is 23.2. The second-order valence-electron chi connectivity index (χ2n) is 4.12. The van der Waals surface area contributed by atoms with Gasteiger partial charge in [0.2, 0.25) is 0 Å². The molecular weight excluding hydrogens is 178 g/mol. The summed E-state index contributed by atoms with van der Waals surface area (Å²) in [7, 11) is 0. The van der Waals surface area contributed by atoms with Gasteiger partial charge in [-0.15, -0.1) is 0 Å². The van der Waals surface area contributed by atoms with Gasteiger partial charge in [-0.3, -0.25) is 4.90 Å². The van der Waals surface area contributed by atoms with Gasteiger partial charge in [-0.25, -0.2) is 0 Å². The maximum Gasteiger partial charge on any atom is 0.105 e. The summed E-state index contributed by atoms with van der Waals surface area (Å²) in [6.07, 6.45) is 0.763. The molecule has 1 aromatic heterocycles. The first-order chi connectivity index (χ1) is 6.65. The number of aliphatic hydroxyl groups excluding tert-OH is 1. The zero-order valence-electron chi connectivity index (χ0n) is 8.79. The van der Waals surface area contributed by atoms with Crippen LogP contribution in [0.1, 0.15) is 23.5 Å². The number of aliphatic hydroxyl groups is 1. The Balaban J connectivity index is 2.00. The number of hydrogen-bond acceptors (Lipinski definition) is 3. The lowest BCUT2D eigenvalue weighted by molar-refractivity contribution is 0.174. The lowest BCUT2D eigenvalue weighted by Gasteiger charge is -2.13. The second kappa shape index (κ2) is 3.75. The fraction of sp³-hybridized carbons (Fsp3) is 0.636. The van der Waals surface area contributed by atoms with E-state index in [1.54, 1.807) is 0 Å². The molecule has 0 aromatic carbocycles. The van der Waals surface area contributed by atoms with Crippen LogP contribution in [0.25, 0.3) is 0 Å². The van der Waals surface area contributed by atoms with E-state index in [-0.39, 0.29) is 6.10 Å². The van der Waals surface area contributed by atoms with Crippen LogP contribution in [-0.2, 0) is 6.54 Å². The summed E-state index contributed by atoms with van der Waals surface area (Å²) < 4.78 is 5.46. The van der Waals surface area contributed by atoms with Crippen LogP contribution >= 0.6 is 0 Å². The highest BCUT2D eigenvalue weighted by Gasteiger charge is 2.21. The molecule has 2 heterocycles. The van der Waals surface area contributed by atoms with Crippen LogP contribution < -0.4 is 0 Å². The van der Waals surface area contributed by atoms with Crippen LogP contribution in [0.5, 0.6) is 0 Å². The molecule has 1 fully saturated rings. The second-order valence-corrected chi connectivity index (χ2v) is 4.12. The van der Waals surface area contributed by atoms with E-state index >= 15 is 0 Å². The van der Waals surface area contributed by atoms with E-state index in [2.05, 4.69) is 11.0 Å². The van der Waals surface area contributed by atoms with Crippen molar-refractivity contribution in [3.8, 4) is 0 Å². The molecule has 1 aromatic rings. The summed E-state index contributed by atoms with van der Waals surface area (Å²) in [6.45, 7) is 6.65. The number of aryl methyl sites for hydroxylation is 2. The predicted molar refractivity (Wildman–Crippen MR) is 54.1 cm³/mol. The molecule has 0 amide bonds. The van der Waals surface area contributed by atoms with Crippen molar-refractivity contribution >= 4 is 0 Å². The van der Waals surface area contributed by atoms with Crippen molar-refractivity contribution in [1.82, 2.24) is 4.90 Å². The van der Waals surface area contributed by atoms with Crippen molar-refractivity contribution in [2.45, 2.75) is 32.9 Å². The average Bonchev–Trinajstić information content (AvgIpc) is 2.61. The standard InChI is InChI=1S/C11H17NO2/c1-8-5-10(9(2)14-8)6-12-4-3-11(13)7-12/h5,11,13H,3-4,6-7H2,1-2H3/t11-/m0/s1. The van der Waals surface area contributed by atoms with Crippen molar-refractivity contribution in [2.24, 2.45) is 0 Å². The Morgan fingerprint density at radius 3 is 2.86 bits per heavy atom. The maximum atomic E-state index is 9.39. The predicted octanol–water partition coefficient (Wildman–Crippen LogP) is 1.46. The van der Waals surface area contributed by atoms with Crippen LogP contribution in [0.4, 0.5) is 0 Å². The van der Waals surface area contributed by atoms with E-state index < -0.39 is 0 Å². The van der Waals surface area contributed by atoms with Gasteiger partial charge in [0.25, 0.3) is 0 Å². The third kappa shape index (κ3) is 1.99. The van der Waals surface area contributed by atoms with Crippen LogP contribution in [0, 0.1) is 13.8 Å². The molecular formula is C11H17NO2. The zero-order valence-corrected chi connectivity index (χ0v) is 8.79. The third-order valence-electron chi connectivity index (χ3n) is 2.79. The first-order valence-corrected chi connectivity index (χ1v) is 5.11. The molecule has 1 N–H and O–H groups in total.